The van der Waals surface area contributed by atoms with E-state index in [-0.39, 0.29) is 5.43 Å². The van der Waals surface area contributed by atoms with Crippen LogP contribution in [0, 0.1) is 0 Å². The summed E-state index contributed by atoms with van der Waals surface area (Å²) >= 11 is 5.58. The Morgan fingerprint density at radius 1 is 1.31 bits per heavy atom. The maximum atomic E-state index is 11.6. The zero-order chi connectivity index (χ0) is 11.4. The van der Waals surface area contributed by atoms with Gasteiger partial charge in [0.25, 0.3) is 0 Å². The van der Waals surface area contributed by atoms with Crippen molar-refractivity contribution in [2.24, 2.45) is 0 Å². The van der Waals surface area contributed by atoms with E-state index in [1.54, 1.807) is 6.20 Å². The molecule has 0 fully saturated rings. The van der Waals surface area contributed by atoms with E-state index in [2.05, 4.69) is 4.98 Å². The molecular weight excluding hydrogens is 222 g/mol. The molecule has 0 saturated carbocycles. The number of benzene rings is 1. The summed E-state index contributed by atoms with van der Waals surface area (Å²) in [6.07, 6.45) is 6.48. The number of pyridine rings is 1. The molecule has 0 amide bonds. The molecule has 2 nitrogen and oxygen atoms in total. The van der Waals surface area contributed by atoms with Crippen LogP contribution in [0.5, 0.6) is 0 Å². The first-order chi connectivity index (χ1) is 7.81. The Hall–Kier alpha value is -1.54. The van der Waals surface area contributed by atoms with E-state index in [0.717, 1.165) is 22.9 Å². The van der Waals surface area contributed by atoms with E-state index in [0.29, 0.717) is 5.88 Å². The summed E-state index contributed by atoms with van der Waals surface area (Å²) in [4.78, 5) is 14.6. The first-order valence-electron chi connectivity index (χ1n) is 5.15. The average molecular weight is 234 g/mol. The molecule has 1 heterocycles. The van der Waals surface area contributed by atoms with Crippen LogP contribution in [0.25, 0.3) is 17.0 Å². The lowest BCUT2D eigenvalue weighted by Crippen LogP contribution is -1.99. The first kappa shape index (κ1) is 11.0. The average Bonchev–Trinajstić information content (AvgIpc) is 2.30. The minimum absolute atomic E-state index is 0.0429. The molecule has 2 rings (SSSR count). The maximum absolute atomic E-state index is 11.6. The molecule has 1 N–H and O–H groups in total. The molecule has 16 heavy (non-hydrogen) atoms. The van der Waals surface area contributed by atoms with Crippen molar-refractivity contribution in [1.29, 1.82) is 0 Å². The third kappa shape index (κ3) is 2.34. The molecule has 1 aromatic heterocycles. The fourth-order valence-electron chi connectivity index (χ4n) is 1.57. The molecule has 0 saturated heterocycles. The van der Waals surface area contributed by atoms with Gasteiger partial charge in [-0.3, -0.25) is 4.79 Å². The number of H-pyrrole nitrogens is 1. The van der Waals surface area contributed by atoms with E-state index < -0.39 is 0 Å². The number of aromatic amines is 1. The fourth-order valence-corrected chi connectivity index (χ4v) is 1.70. The molecule has 0 spiro atoms. The first-order valence-corrected chi connectivity index (χ1v) is 5.68. The Morgan fingerprint density at radius 2 is 2.19 bits per heavy atom. The molecule has 0 aliphatic carbocycles. The second kappa shape index (κ2) is 4.99. The van der Waals surface area contributed by atoms with Gasteiger partial charge in [-0.2, -0.15) is 0 Å². The normalized spacial score (nSPS) is 11.3. The molecule has 0 radical (unpaired) electrons. The van der Waals surface area contributed by atoms with Gasteiger partial charge in [-0.15, -0.1) is 11.6 Å². The smallest absolute Gasteiger partial charge is 0.189 e. The topological polar surface area (TPSA) is 32.9 Å². The highest BCUT2D eigenvalue weighted by Gasteiger charge is 1.97. The van der Waals surface area contributed by atoms with Crippen LogP contribution < -0.4 is 5.43 Å². The second-order valence-corrected chi connectivity index (χ2v) is 3.90. The lowest BCUT2D eigenvalue weighted by molar-refractivity contribution is 1.24. The standard InChI is InChI=1S/C13H12ClNO/c14-7-2-1-3-10-4-5-12-11(9-10)13(16)6-8-15-12/h1,3-6,8-9H,2,7H2,(H,15,16). The number of fused-ring (bicyclic) bond motifs is 1. The summed E-state index contributed by atoms with van der Waals surface area (Å²) < 4.78 is 0. The fraction of sp³-hybridized carbons (Fsp3) is 0.154. The van der Waals surface area contributed by atoms with E-state index in [9.17, 15) is 4.79 Å². The molecule has 82 valence electrons. The molecule has 0 aliphatic heterocycles. The Labute approximate surface area is 98.6 Å². The van der Waals surface area contributed by atoms with Crippen LogP contribution in [0.3, 0.4) is 0 Å². The monoisotopic (exact) mass is 233 g/mol. The van der Waals surface area contributed by atoms with Crippen LogP contribution in [-0.4, -0.2) is 10.9 Å². The van der Waals surface area contributed by atoms with Crippen LogP contribution in [-0.2, 0) is 0 Å². The van der Waals surface area contributed by atoms with Gasteiger partial charge in [0, 0.05) is 29.0 Å². The van der Waals surface area contributed by atoms with Gasteiger partial charge in [-0.05, 0) is 24.1 Å². The maximum Gasteiger partial charge on any atom is 0.189 e. The van der Waals surface area contributed by atoms with Gasteiger partial charge >= 0.3 is 0 Å². The van der Waals surface area contributed by atoms with Crippen molar-refractivity contribution in [2.45, 2.75) is 6.42 Å². The van der Waals surface area contributed by atoms with Gasteiger partial charge in [0.1, 0.15) is 0 Å². The number of allylic oxidation sites excluding steroid dienone is 1. The number of alkyl halides is 1. The summed E-state index contributed by atoms with van der Waals surface area (Å²) in [6.45, 7) is 0. The van der Waals surface area contributed by atoms with Crippen LogP contribution in [0.2, 0.25) is 0 Å². The Bertz CT molecular complexity index is 571. The number of aromatic nitrogens is 1. The third-order valence-electron chi connectivity index (χ3n) is 2.37. The largest absolute Gasteiger partial charge is 0.361 e. The quantitative estimate of drug-likeness (QED) is 0.812. The van der Waals surface area contributed by atoms with Crippen molar-refractivity contribution < 1.29 is 0 Å². The lowest BCUT2D eigenvalue weighted by Gasteiger charge is -1.98. The van der Waals surface area contributed by atoms with Crippen molar-refractivity contribution in [3.05, 3.63) is 52.3 Å². The Kier molecular flexibility index (Phi) is 3.42. The summed E-state index contributed by atoms with van der Waals surface area (Å²) in [6, 6.07) is 7.31. The number of rotatable bonds is 3. The van der Waals surface area contributed by atoms with Crippen LogP contribution in [0.1, 0.15) is 12.0 Å². The zero-order valence-electron chi connectivity index (χ0n) is 8.74. The Balaban J connectivity index is 2.43. The van der Waals surface area contributed by atoms with Gasteiger partial charge < -0.3 is 4.98 Å². The highest BCUT2D eigenvalue weighted by Crippen LogP contribution is 2.11. The number of halogens is 1. The number of nitrogens with one attached hydrogen (secondary N) is 1. The Morgan fingerprint density at radius 3 is 3.00 bits per heavy atom. The van der Waals surface area contributed by atoms with E-state index >= 15 is 0 Å². The summed E-state index contributed by atoms with van der Waals surface area (Å²) in [5.41, 5.74) is 1.93. The third-order valence-corrected chi connectivity index (χ3v) is 2.59. The molecule has 0 unspecified atom stereocenters. The number of hydrogen-bond donors (Lipinski definition) is 1. The lowest BCUT2D eigenvalue weighted by atomic mass is 10.1. The number of hydrogen-bond acceptors (Lipinski definition) is 1. The van der Waals surface area contributed by atoms with Crippen molar-refractivity contribution in [2.75, 3.05) is 5.88 Å². The SMILES string of the molecule is O=c1cc[nH]c2ccc(C=CCCCl)cc12. The summed E-state index contributed by atoms with van der Waals surface area (Å²) in [5, 5.41) is 0.718. The van der Waals surface area contributed by atoms with E-state index in [4.69, 9.17) is 11.6 Å². The van der Waals surface area contributed by atoms with Gasteiger partial charge in [-0.1, -0.05) is 18.2 Å². The predicted molar refractivity (Wildman–Crippen MR) is 68.9 cm³/mol. The summed E-state index contributed by atoms with van der Waals surface area (Å²) in [7, 11) is 0. The van der Waals surface area contributed by atoms with Crippen molar-refractivity contribution in [1.82, 2.24) is 4.98 Å². The van der Waals surface area contributed by atoms with Crippen molar-refractivity contribution in [3.63, 3.8) is 0 Å². The van der Waals surface area contributed by atoms with E-state index in [1.165, 1.54) is 6.07 Å². The molecule has 1 aromatic carbocycles. The molecule has 3 heteroatoms. The zero-order valence-corrected chi connectivity index (χ0v) is 9.50. The van der Waals surface area contributed by atoms with Gasteiger partial charge in [0.15, 0.2) is 5.43 Å². The minimum atomic E-state index is 0.0429. The highest BCUT2D eigenvalue weighted by molar-refractivity contribution is 6.17. The van der Waals surface area contributed by atoms with Crippen LogP contribution in [0.4, 0.5) is 0 Å². The molecule has 0 atom stereocenters. The van der Waals surface area contributed by atoms with Crippen molar-refractivity contribution in [3.8, 4) is 0 Å². The second-order valence-electron chi connectivity index (χ2n) is 3.53. The van der Waals surface area contributed by atoms with Gasteiger partial charge in [-0.25, -0.2) is 0 Å². The summed E-state index contributed by atoms with van der Waals surface area (Å²) in [5.74, 6) is 0.616. The van der Waals surface area contributed by atoms with Gasteiger partial charge in [0.05, 0.1) is 0 Å². The molecule has 0 aliphatic rings. The van der Waals surface area contributed by atoms with Gasteiger partial charge in [0.2, 0.25) is 0 Å². The predicted octanol–water partition coefficient (Wildman–Crippen LogP) is 3.17. The molecule has 2 aromatic rings. The molecular formula is C13H12ClNO. The van der Waals surface area contributed by atoms with Crippen LogP contribution in [0.15, 0.2) is 41.3 Å². The van der Waals surface area contributed by atoms with Crippen molar-refractivity contribution >= 4 is 28.6 Å². The molecule has 0 bridgehead atoms. The minimum Gasteiger partial charge on any atom is -0.361 e. The highest BCUT2D eigenvalue weighted by atomic mass is 35.5. The van der Waals surface area contributed by atoms with E-state index in [1.807, 2.05) is 30.4 Å². The van der Waals surface area contributed by atoms with Crippen LogP contribution >= 0.6 is 11.6 Å².